The molecule has 0 atom stereocenters. The fourth-order valence-electron chi connectivity index (χ4n) is 7.94. The molecular formula is C46H21BF15P. The first-order valence-electron chi connectivity index (χ1n) is 18.1. The molecule has 0 radical (unpaired) electrons. The number of benzene rings is 7. The lowest BCUT2D eigenvalue weighted by molar-refractivity contribution is 0.380. The standard InChI is InChI=1S/C46H21BF15P/c1-2-23-18-20-24(21-19-23)28(63(25-12-6-3-7-13-25,26-14-8-4-9-15-26)27-16-10-5-11-17-27)22-47(29-32(48)38(54)44(60)39(55)33(29)49,30-34(50)40(56)45(61)41(57)35(30)51)31-36(52)42(58)46(62)43(59)37(31)53/h1,3-22H/b28-22+. The van der Waals surface area contributed by atoms with Gasteiger partial charge in [-0.05, 0) is 60.7 Å². The minimum Gasteiger partial charge on any atom is -0.207 e. The molecule has 0 amide bonds. The van der Waals surface area contributed by atoms with Crippen LogP contribution in [0.1, 0.15) is 11.1 Å². The Hall–Kier alpha value is -6.72. The molecule has 0 fully saturated rings. The topological polar surface area (TPSA) is 0 Å². The molecule has 318 valence electrons. The van der Waals surface area contributed by atoms with Gasteiger partial charge in [-0.15, -0.1) is 22.8 Å². The molecule has 63 heavy (non-hydrogen) atoms. The van der Waals surface area contributed by atoms with Crippen molar-refractivity contribution < 1.29 is 65.9 Å². The van der Waals surface area contributed by atoms with Gasteiger partial charge in [0.1, 0.15) is 64.2 Å². The average molecular weight is 900 g/mol. The zero-order valence-corrected chi connectivity index (χ0v) is 32.2. The van der Waals surface area contributed by atoms with E-state index in [0.29, 0.717) is 0 Å². The summed E-state index contributed by atoms with van der Waals surface area (Å²) in [6.45, 7) is 0. The van der Waals surface area contributed by atoms with Gasteiger partial charge < -0.3 is 0 Å². The third-order valence-corrected chi connectivity index (χ3v) is 15.0. The predicted molar refractivity (Wildman–Crippen MR) is 211 cm³/mol. The molecule has 0 aromatic heterocycles. The monoisotopic (exact) mass is 900 g/mol. The summed E-state index contributed by atoms with van der Waals surface area (Å²) in [5, 5.41) is -0.281. The van der Waals surface area contributed by atoms with Crippen LogP contribution in [0.4, 0.5) is 65.9 Å². The lowest BCUT2D eigenvalue weighted by atomic mass is 9.15. The van der Waals surface area contributed by atoms with E-state index in [4.69, 9.17) is 6.42 Å². The van der Waals surface area contributed by atoms with Crippen LogP contribution >= 0.6 is 7.26 Å². The van der Waals surface area contributed by atoms with E-state index in [0.717, 1.165) is 12.1 Å². The Balaban J connectivity index is 1.96. The first kappa shape index (κ1) is 44.3. The van der Waals surface area contributed by atoms with Crippen molar-refractivity contribution in [1.29, 1.82) is 0 Å². The summed E-state index contributed by atoms with van der Waals surface area (Å²) >= 11 is 0. The van der Waals surface area contributed by atoms with Gasteiger partial charge in [-0.3, -0.25) is 0 Å². The van der Waals surface area contributed by atoms with E-state index in [1.165, 1.54) is 103 Å². The van der Waals surface area contributed by atoms with Crippen LogP contribution in [-0.4, -0.2) is 6.15 Å². The van der Waals surface area contributed by atoms with Gasteiger partial charge in [0.15, 0.2) is 52.4 Å². The first-order chi connectivity index (χ1) is 30.0. The van der Waals surface area contributed by atoms with Gasteiger partial charge in [-0.1, -0.05) is 60.5 Å². The highest BCUT2D eigenvalue weighted by molar-refractivity contribution is 8.03. The van der Waals surface area contributed by atoms with Gasteiger partial charge in [0.05, 0.1) is 5.31 Å². The van der Waals surface area contributed by atoms with E-state index in [9.17, 15) is 13.2 Å². The summed E-state index contributed by atoms with van der Waals surface area (Å²) < 4.78 is 239. The molecule has 7 aromatic carbocycles. The van der Waals surface area contributed by atoms with E-state index in [1.807, 2.05) is 0 Å². The van der Waals surface area contributed by atoms with Crippen LogP contribution < -0.4 is 32.3 Å². The quantitative estimate of drug-likeness (QED) is 0.0338. The minimum atomic E-state index is -6.14. The van der Waals surface area contributed by atoms with Crippen LogP contribution in [0, 0.1) is 99.6 Å². The molecule has 0 spiro atoms. The highest BCUT2D eigenvalue weighted by atomic mass is 31.2. The van der Waals surface area contributed by atoms with E-state index in [1.54, 1.807) is 0 Å². The van der Waals surface area contributed by atoms with Crippen molar-refractivity contribution in [3.05, 3.63) is 220 Å². The summed E-state index contributed by atoms with van der Waals surface area (Å²) in [4.78, 5) is 0. The summed E-state index contributed by atoms with van der Waals surface area (Å²) in [5.74, 6) is -43.9. The minimum absolute atomic E-state index is 0.0699. The van der Waals surface area contributed by atoms with Crippen LogP contribution in [0.25, 0.3) is 5.31 Å². The van der Waals surface area contributed by atoms with Gasteiger partial charge in [0, 0.05) is 11.1 Å². The Morgan fingerprint density at radius 3 is 0.873 bits per heavy atom. The smallest absolute Gasteiger partial charge is 0.200 e. The summed E-state index contributed by atoms with van der Waals surface area (Å²) in [6.07, 6.45) is -0.565. The number of halogens is 15. The molecule has 0 unspecified atom stereocenters. The van der Waals surface area contributed by atoms with Gasteiger partial charge in [0.25, 0.3) is 0 Å². The predicted octanol–water partition coefficient (Wildman–Crippen LogP) is 9.80. The molecule has 0 N–H and O–H groups in total. The summed E-state index contributed by atoms with van der Waals surface area (Å²) in [7, 11) is -4.25. The van der Waals surface area contributed by atoms with Crippen LogP contribution in [0.15, 0.2) is 121 Å². The van der Waals surface area contributed by atoms with E-state index in [2.05, 4.69) is 5.92 Å². The fourth-order valence-corrected chi connectivity index (χ4v) is 12.5. The largest absolute Gasteiger partial charge is 0.207 e. The molecular weight excluding hydrogens is 879 g/mol. The SMILES string of the molecule is C#Cc1ccc(/C(=C\[B-](c2c(F)c(F)c(F)c(F)c2F)(c2c(F)c(F)c(F)c(F)c2F)c2c(F)c(F)c(F)c(F)c2F)[P+](c2ccccc2)(c2ccccc2)c2ccccc2)cc1. The van der Waals surface area contributed by atoms with E-state index < -0.39 is 122 Å². The maximum atomic E-state index is 16.8. The van der Waals surface area contributed by atoms with Gasteiger partial charge >= 0.3 is 0 Å². The normalized spacial score (nSPS) is 12.1. The third-order valence-electron chi connectivity index (χ3n) is 10.6. The molecule has 7 aromatic rings. The van der Waals surface area contributed by atoms with Crippen molar-refractivity contribution in [3.8, 4) is 12.3 Å². The Bertz CT molecular complexity index is 2660. The Morgan fingerprint density at radius 2 is 0.619 bits per heavy atom. The van der Waals surface area contributed by atoms with Crippen molar-refractivity contribution >= 4 is 51.0 Å². The fraction of sp³-hybridized carbons (Fsp3) is 0. The maximum Gasteiger partial charge on any atom is 0.200 e. The van der Waals surface area contributed by atoms with Crippen molar-refractivity contribution in [2.45, 2.75) is 0 Å². The zero-order chi connectivity index (χ0) is 45.7. The second-order valence-electron chi connectivity index (χ2n) is 13.8. The van der Waals surface area contributed by atoms with Gasteiger partial charge in [-0.25, -0.2) is 65.9 Å². The van der Waals surface area contributed by atoms with Gasteiger partial charge in [0.2, 0.25) is 0 Å². The first-order valence-corrected chi connectivity index (χ1v) is 19.8. The molecule has 0 heterocycles. The third kappa shape index (κ3) is 6.77. The molecule has 0 bridgehead atoms. The number of hydrogen-bond acceptors (Lipinski definition) is 0. The maximum absolute atomic E-state index is 16.8. The molecule has 0 aliphatic heterocycles. The van der Waals surface area contributed by atoms with Crippen molar-refractivity contribution in [2.75, 3.05) is 0 Å². The summed E-state index contributed by atoms with van der Waals surface area (Å²) in [5.41, 5.74) is -8.48. The lowest BCUT2D eigenvalue weighted by Crippen LogP contribution is -2.72. The molecule has 17 heteroatoms. The van der Waals surface area contributed by atoms with E-state index >= 15 is 52.7 Å². The van der Waals surface area contributed by atoms with Gasteiger partial charge in [-0.2, -0.15) is 5.98 Å². The van der Waals surface area contributed by atoms with Crippen LogP contribution in [0.2, 0.25) is 0 Å². The Morgan fingerprint density at radius 1 is 0.365 bits per heavy atom. The van der Waals surface area contributed by atoms with Crippen LogP contribution in [-0.2, 0) is 0 Å². The molecule has 0 nitrogen and oxygen atoms in total. The highest BCUT2D eigenvalue weighted by Gasteiger charge is 2.53. The van der Waals surface area contributed by atoms with Crippen molar-refractivity contribution in [3.63, 3.8) is 0 Å². The number of terminal acetylenes is 1. The highest BCUT2D eigenvalue weighted by Crippen LogP contribution is 2.66. The molecule has 0 saturated heterocycles. The molecule has 0 saturated carbocycles. The Labute approximate surface area is 348 Å². The molecule has 0 aliphatic carbocycles. The second kappa shape index (κ2) is 16.9. The van der Waals surface area contributed by atoms with Crippen LogP contribution in [0.5, 0.6) is 0 Å². The molecule has 7 rings (SSSR count). The second-order valence-corrected chi connectivity index (χ2v) is 17.2. The number of rotatable bonds is 9. The molecule has 0 aliphatic rings. The lowest BCUT2D eigenvalue weighted by Gasteiger charge is -2.43. The van der Waals surface area contributed by atoms with Crippen molar-refractivity contribution in [1.82, 2.24) is 0 Å². The van der Waals surface area contributed by atoms with Crippen molar-refractivity contribution in [2.24, 2.45) is 0 Å². The average Bonchev–Trinajstić information content (AvgIpc) is 3.31. The van der Waals surface area contributed by atoms with Crippen LogP contribution in [0.3, 0.4) is 0 Å². The Kier molecular flexibility index (Phi) is 11.9. The number of hydrogen-bond donors (Lipinski definition) is 0. The summed E-state index contributed by atoms with van der Waals surface area (Å²) in [6, 6.07) is 26.5. The zero-order valence-electron chi connectivity index (χ0n) is 31.3. The van der Waals surface area contributed by atoms with E-state index in [-0.39, 0.29) is 33.0 Å².